The van der Waals surface area contributed by atoms with Gasteiger partial charge in [0.15, 0.2) is 0 Å². The summed E-state index contributed by atoms with van der Waals surface area (Å²) in [6.07, 6.45) is 1.64. The van der Waals surface area contributed by atoms with Crippen LogP contribution < -0.4 is 10.6 Å². The third-order valence-electron chi connectivity index (χ3n) is 2.89. The van der Waals surface area contributed by atoms with Crippen LogP contribution in [0, 0.1) is 5.82 Å². The van der Waals surface area contributed by atoms with E-state index in [2.05, 4.69) is 10.6 Å². The lowest BCUT2D eigenvalue weighted by atomic mass is 10.1. The second-order valence-electron chi connectivity index (χ2n) is 4.13. The second kappa shape index (κ2) is 5.14. The fraction of sp³-hybridized carbons (Fsp3) is 0.417. The molecule has 1 aliphatic heterocycles. The van der Waals surface area contributed by atoms with Crippen LogP contribution in [-0.2, 0) is 0 Å². The largest absolute Gasteiger partial charge is 0.507 e. The van der Waals surface area contributed by atoms with Gasteiger partial charge in [0.2, 0.25) is 0 Å². The Morgan fingerprint density at radius 3 is 2.76 bits per heavy atom. The highest BCUT2D eigenvalue weighted by molar-refractivity contribution is 5.97. The van der Waals surface area contributed by atoms with Gasteiger partial charge in [0, 0.05) is 6.04 Å². The summed E-state index contributed by atoms with van der Waals surface area (Å²) in [7, 11) is 0. The fourth-order valence-corrected chi connectivity index (χ4v) is 1.96. The molecular weight excluding hydrogens is 223 g/mol. The molecule has 92 valence electrons. The Morgan fingerprint density at radius 1 is 1.41 bits per heavy atom. The van der Waals surface area contributed by atoms with Crippen LogP contribution in [0.2, 0.25) is 0 Å². The smallest absolute Gasteiger partial charge is 0.258 e. The van der Waals surface area contributed by atoms with Crippen molar-refractivity contribution in [1.29, 1.82) is 0 Å². The molecule has 0 aromatic heterocycles. The maximum absolute atomic E-state index is 13.4. The second-order valence-corrected chi connectivity index (χ2v) is 4.13. The molecule has 0 saturated carbocycles. The monoisotopic (exact) mass is 238 g/mol. The minimum Gasteiger partial charge on any atom is -0.507 e. The molecule has 1 aliphatic rings. The number of carbonyl (C=O) groups is 1. The average Bonchev–Trinajstić information content (AvgIpc) is 2.30. The van der Waals surface area contributed by atoms with E-state index in [0.29, 0.717) is 0 Å². The first-order valence-corrected chi connectivity index (χ1v) is 5.67. The van der Waals surface area contributed by atoms with Crippen LogP contribution in [0.3, 0.4) is 0 Å². The summed E-state index contributed by atoms with van der Waals surface area (Å²) in [5.41, 5.74) is -0.272. The van der Waals surface area contributed by atoms with Crippen LogP contribution in [0.15, 0.2) is 18.2 Å². The third kappa shape index (κ3) is 2.74. The predicted octanol–water partition coefficient (Wildman–Crippen LogP) is 1.01. The number of piperidine rings is 1. The highest BCUT2D eigenvalue weighted by Crippen LogP contribution is 2.20. The fourth-order valence-electron chi connectivity index (χ4n) is 1.96. The summed E-state index contributed by atoms with van der Waals surface area (Å²) in [5, 5.41) is 15.4. The predicted molar refractivity (Wildman–Crippen MR) is 61.4 cm³/mol. The number of carbonyl (C=O) groups excluding carboxylic acids is 1. The van der Waals surface area contributed by atoms with E-state index in [1.165, 1.54) is 12.1 Å². The quantitative estimate of drug-likeness (QED) is 0.720. The molecule has 0 spiro atoms. The molecule has 17 heavy (non-hydrogen) atoms. The van der Waals surface area contributed by atoms with Crippen molar-refractivity contribution in [1.82, 2.24) is 10.6 Å². The highest BCUT2D eigenvalue weighted by Gasteiger charge is 2.20. The molecule has 2 rings (SSSR count). The first kappa shape index (κ1) is 11.9. The minimum atomic E-state index is -0.698. The lowest BCUT2D eigenvalue weighted by Crippen LogP contribution is -2.42. The molecule has 4 nitrogen and oxygen atoms in total. The van der Waals surface area contributed by atoms with Crippen LogP contribution in [0.1, 0.15) is 23.2 Å². The molecule has 1 amide bonds. The van der Waals surface area contributed by atoms with Gasteiger partial charge >= 0.3 is 0 Å². The first-order chi connectivity index (χ1) is 8.18. The van der Waals surface area contributed by atoms with Crippen molar-refractivity contribution in [2.24, 2.45) is 0 Å². The lowest BCUT2D eigenvalue weighted by molar-refractivity contribution is 0.0922. The Balaban J connectivity index is 2.08. The summed E-state index contributed by atoms with van der Waals surface area (Å²) in [6.45, 7) is 1.68. The summed E-state index contributed by atoms with van der Waals surface area (Å²) in [5.74, 6) is -1.57. The summed E-state index contributed by atoms with van der Waals surface area (Å²) < 4.78 is 13.4. The van der Waals surface area contributed by atoms with Crippen LogP contribution in [-0.4, -0.2) is 30.1 Å². The molecule has 5 heteroatoms. The van der Waals surface area contributed by atoms with Crippen molar-refractivity contribution in [3.63, 3.8) is 0 Å². The normalized spacial score (nSPS) is 16.8. The van der Waals surface area contributed by atoms with Gasteiger partial charge in [0.05, 0.1) is 0 Å². The van der Waals surface area contributed by atoms with E-state index in [-0.39, 0.29) is 17.4 Å². The number of nitrogens with one attached hydrogen (secondary N) is 2. The summed E-state index contributed by atoms with van der Waals surface area (Å²) >= 11 is 0. The number of phenolic OH excluding ortho intramolecular Hbond substituents is 1. The molecule has 1 heterocycles. The van der Waals surface area contributed by atoms with Crippen LogP contribution in [0.5, 0.6) is 5.75 Å². The van der Waals surface area contributed by atoms with Gasteiger partial charge < -0.3 is 15.7 Å². The zero-order chi connectivity index (χ0) is 12.3. The number of benzene rings is 1. The van der Waals surface area contributed by atoms with Gasteiger partial charge in [0.1, 0.15) is 17.1 Å². The molecule has 0 bridgehead atoms. The number of phenols is 1. The Kier molecular flexibility index (Phi) is 3.58. The zero-order valence-corrected chi connectivity index (χ0v) is 9.37. The molecule has 0 radical (unpaired) electrons. The van der Waals surface area contributed by atoms with Crippen molar-refractivity contribution in [2.75, 3.05) is 13.1 Å². The SMILES string of the molecule is O=C(NC1CCNCC1)c1c(O)cccc1F. The number of hydrogen-bond donors (Lipinski definition) is 3. The first-order valence-electron chi connectivity index (χ1n) is 5.67. The van der Waals surface area contributed by atoms with Crippen LogP contribution in [0.4, 0.5) is 4.39 Å². The maximum atomic E-state index is 13.4. The molecule has 1 aromatic rings. The molecule has 3 N–H and O–H groups in total. The minimum absolute atomic E-state index is 0.0442. The maximum Gasteiger partial charge on any atom is 0.258 e. The van der Waals surface area contributed by atoms with Crippen molar-refractivity contribution in [3.05, 3.63) is 29.6 Å². The topological polar surface area (TPSA) is 61.4 Å². The number of halogens is 1. The van der Waals surface area contributed by atoms with Gasteiger partial charge in [-0.25, -0.2) is 4.39 Å². The van der Waals surface area contributed by atoms with E-state index < -0.39 is 11.7 Å². The molecule has 0 unspecified atom stereocenters. The van der Waals surface area contributed by atoms with E-state index in [9.17, 15) is 14.3 Å². The molecule has 0 atom stereocenters. The Hall–Kier alpha value is -1.62. The Labute approximate surface area is 98.8 Å². The van der Waals surface area contributed by atoms with Crippen LogP contribution in [0.25, 0.3) is 0 Å². The van der Waals surface area contributed by atoms with Crippen molar-refractivity contribution < 1.29 is 14.3 Å². The van der Waals surface area contributed by atoms with Gasteiger partial charge in [-0.2, -0.15) is 0 Å². The van der Waals surface area contributed by atoms with Gasteiger partial charge in [-0.3, -0.25) is 4.79 Å². The van der Waals surface area contributed by atoms with Crippen molar-refractivity contribution in [3.8, 4) is 5.75 Å². The van der Waals surface area contributed by atoms with Gasteiger partial charge in [-0.05, 0) is 38.1 Å². The molecule has 0 aliphatic carbocycles. The van der Waals surface area contributed by atoms with Gasteiger partial charge in [0.25, 0.3) is 5.91 Å². The summed E-state index contributed by atoms with van der Waals surface area (Å²) in [6, 6.07) is 3.88. The highest BCUT2D eigenvalue weighted by atomic mass is 19.1. The molecule has 1 saturated heterocycles. The average molecular weight is 238 g/mol. The number of aromatic hydroxyl groups is 1. The Morgan fingerprint density at radius 2 is 2.12 bits per heavy atom. The van der Waals surface area contributed by atoms with E-state index in [0.717, 1.165) is 32.0 Å². The van der Waals surface area contributed by atoms with Gasteiger partial charge in [-0.15, -0.1) is 0 Å². The lowest BCUT2D eigenvalue weighted by Gasteiger charge is -2.23. The van der Waals surface area contributed by atoms with E-state index in [4.69, 9.17) is 0 Å². The summed E-state index contributed by atoms with van der Waals surface area (Å²) in [4.78, 5) is 11.8. The molecular formula is C12H15FN2O2. The van der Waals surface area contributed by atoms with E-state index in [1.54, 1.807) is 0 Å². The third-order valence-corrected chi connectivity index (χ3v) is 2.89. The number of rotatable bonds is 2. The van der Waals surface area contributed by atoms with Crippen molar-refractivity contribution >= 4 is 5.91 Å². The van der Waals surface area contributed by atoms with Crippen LogP contribution >= 0.6 is 0 Å². The Bertz CT molecular complexity index is 397. The molecule has 1 fully saturated rings. The number of amides is 1. The van der Waals surface area contributed by atoms with E-state index in [1.807, 2.05) is 0 Å². The number of hydrogen-bond acceptors (Lipinski definition) is 3. The zero-order valence-electron chi connectivity index (χ0n) is 9.37. The molecule has 1 aromatic carbocycles. The van der Waals surface area contributed by atoms with E-state index >= 15 is 0 Å². The van der Waals surface area contributed by atoms with Crippen molar-refractivity contribution in [2.45, 2.75) is 18.9 Å². The standard InChI is InChI=1S/C12H15FN2O2/c13-9-2-1-3-10(16)11(9)12(17)15-8-4-6-14-7-5-8/h1-3,8,14,16H,4-7H2,(H,15,17). The van der Waals surface area contributed by atoms with Gasteiger partial charge in [-0.1, -0.05) is 6.07 Å².